The van der Waals surface area contributed by atoms with E-state index in [-0.39, 0.29) is 12.5 Å². The van der Waals surface area contributed by atoms with Gasteiger partial charge in [-0.2, -0.15) is 0 Å². The van der Waals surface area contributed by atoms with Gasteiger partial charge in [0.05, 0.1) is 6.54 Å². The summed E-state index contributed by atoms with van der Waals surface area (Å²) in [5, 5.41) is 14.3. The van der Waals surface area contributed by atoms with Crippen LogP contribution in [0.1, 0.15) is 24.7 Å². The van der Waals surface area contributed by atoms with Crippen molar-refractivity contribution in [3.63, 3.8) is 0 Å². The smallest absolute Gasteiger partial charge is 0.220 e. The third-order valence-corrected chi connectivity index (χ3v) is 4.07. The lowest BCUT2D eigenvalue weighted by atomic mass is 10.0. The maximum absolute atomic E-state index is 12.0. The number of hydrogen-bond donors (Lipinski definition) is 2. The Balaban J connectivity index is 1.57. The highest BCUT2D eigenvalue weighted by molar-refractivity contribution is 5.78. The summed E-state index contributed by atoms with van der Waals surface area (Å²) >= 11 is 0. The molecule has 1 atom stereocenters. The average molecular weight is 323 g/mol. The van der Waals surface area contributed by atoms with E-state index in [1.807, 2.05) is 60.7 Å². The van der Waals surface area contributed by atoms with Crippen LogP contribution in [-0.2, 0) is 16.8 Å². The number of amides is 1. The quantitative estimate of drug-likeness (QED) is 0.731. The molecule has 124 valence electrons. The molecule has 0 aliphatic carbocycles. The molecule has 0 saturated carbocycles. The predicted octanol–water partition coefficient (Wildman–Crippen LogP) is 3.39. The minimum atomic E-state index is -1.25. The molecule has 0 aliphatic heterocycles. The van der Waals surface area contributed by atoms with Crippen LogP contribution in [0.15, 0.2) is 65.1 Å². The van der Waals surface area contributed by atoms with E-state index in [2.05, 4.69) is 5.32 Å². The van der Waals surface area contributed by atoms with Crippen molar-refractivity contribution in [1.82, 2.24) is 5.32 Å². The first-order valence-corrected chi connectivity index (χ1v) is 8.07. The first-order chi connectivity index (χ1) is 11.5. The molecular weight excluding hydrogens is 302 g/mol. The van der Waals surface area contributed by atoms with Crippen LogP contribution >= 0.6 is 0 Å². The topological polar surface area (TPSA) is 62.5 Å². The molecule has 1 aromatic heterocycles. The van der Waals surface area contributed by atoms with Crippen molar-refractivity contribution in [3.8, 4) is 0 Å². The van der Waals surface area contributed by atoms with E-state index in [0.29, 0.717) is 18.6 Å². The van der Waals surface area contributed by atoms with Gasteiger partial charge in [-0.25, -0.2) is 0 Å². The molecule has 2 aromatic carbocycles. The number of rotatable bonds is 6. The summed E-state index contributed by atoms with van der Waals surface area (Å²) in [6, 6.07) is 19.3. The largest absolute Gasteiger partial charge is 0.458 e. The summed E-state index contributed by atoms with van der Waals surface area (Å²) in [5.74, 6) is 0.363. The Kier molecular flexibility index (Phi) is 4.67. The van der Waals surface area contributed by atoms with Crippen LogP contribution in [0.4, 0.5) is 0 Å². The first-order valence-electron chi connectivity index (χ1n) is 8.07. The van der Waals surface area contributed by atoms with Crippen molar-refractivity contribution in [2.24, 2.45) is 0 Å². The number of para-hydroxylation sites is 1. The molecular formula is C20H21NO3. The summed E-state index contributed by atoms with van der Waals surface area (Å²) in [4.78, 5) is 12.0. The van der Waals surface area contributed by atoms with Gasteiger partial charge in [-0.05, 0) is 31.0 Å². The van der Waals surface area contributed by atoms with Crippen LogP contribution in [0.5, 0.6) is 0 Å². The molecule has 1 amide bonds. The molecule has 0 fully saturated rings. The number of aliphatic hydroxyl groups is 1. The van der Waals surface area contributed by atoms with E-state index in [9.17, 15) is 9.90 Å². The van der Waals surface area contributed by atoms with Gasteiger partial charge in [0, 0.05) is 11.8 Å². The number of carbonyl (C=O) groups is 1. The molecule has 4 heteroatoms. The Hall–Kier alpha value is -2.59. The van der Waals surface area contributed by atoms with Crippen molar-refractivity contribution in [2.45, 2.75) is 25.4 Å². The normalized spacial score (nSPS) is 13.6. The Bertz CT molecular complexity index is 788. The highest BCUT2D eigenvalue weighted by Gasteiger charge is 2.28. The maximum atomic E-state index is 12.0. The minimum Gasteiger partial charge on any atom is -0.458 e. The summed E-state index contributed by atoms with van der Waals surface area (Å²) in [6.45, 7) is 1.75. The Morgan fingerprint density at radius 1 is 1.12 bits per heavy atom. The molecule has 3 aromatic rings. The van der Waals surface area contributed by atoms with Gasteiger partial charge in [0.25, 0.3) is 0 Å². The standard InChI is InChI=1S/C20H21NO3/c1-20(23,18-13-16-9-5-6-10-17(16)24-18)14-21-19(22)12-11-15-7-3-2-4-8-15/h2-10,13,23H,11-12,14H2,1H3,(H,21,22). The van der Waals surface area contributed by atoms with E-state index in [0.717, 1.165) is 16.5 Å². The Morgan fingerprint density at radius 3 is 2.58 bits per heavy atom. The number of hydrogen-bond acceptors (Lipinski definition) is 3. The van der Waals surface area contributed by atoms with Crippen molar-refractivity contribution < 1.29 is 14.3 Å². The van der Waals surface area contributed by atoms with Crippen LogP contribution < -0.4 is 5.32 Å². The zero-order valence-corrected chi connectivity index (χ0v) is 13.7. The predicted molar refractivity (Wildman–Crippen MR) is 93.6 cm³/mol. The van der Waals surface area contributed by atoms with Gasteiger partial charge >= 0.3 is 0 Å². The first kappa shape index (κ1) is 16.3. The molecule has 24 heavy (non-hydrogen) atoms. The van der Waals surface area contributed by atoms with Gasteiger partial charge in [0.1, 0.15) is 16.9 Å². The van der Waals surface area contributed by atoms with E-state index >= 15 is 0 Å². The number of fused-ring (bicyclic) bond motifs is 1. The molecule has 1 unspecified atom stereocenters. The summed E-state index contributed by atoms with van der Waals surface area (Å²) in [6.07, 6.45) is 1.07. The SMILES string of the molecule is CC(O)(CNC(=O)CCc1ccccc1)c1cc2ccccc2o1. The van der Waals surface area contributed by atoms with Crippen LogP contribution in [0, 0.1) is 0 Å². The lowest BCUT2D eigenvalue weighted by Crippen LogP contribution is -2.38. The molecule has 3 rings (SSSR count). The number of aryl methyl sites for hydroxylation is 1. The number of benzene rings is 2. The van der Waals surface area contributed by atoms with Gasteiger partial charge in [0.2, 0.25) is 5.91 Å². The van der Waals surface area contributed by atoms with Crippen LogP contribution in [0.3, 0.4) is 0 Å². The molecule has 2 N–H and O–H groups in total. The lowest BCUT2D eigenvalue weighted by molar-refractivity contribution is -0.122. The van der Waals surface area contributed by atoms with Crippen molar-refractivity contribution >= 4 is 16.9 Å². The van der Waals surface area contributed by atoms with E-state index in [1.165, 1.54) is 0 Å². The molecule has 1 heterocycles. The second-order valence-electron chi connectivity index (χ2n) is 6.18. The highest BCUT2D eigenvalue weighted by Crippen LogP contribution is 2.27. The van der Waals surface area contributed by atoms with E-state index in [1.54, 1.807) is 6.92 Å². The fourth-order valence-electron chi connectivity index (χ4n) is 2.60. The molecule has 4 nitrogen and oxygen atoms in total. The van der Waals surface area contributed by atoms with Gasteiger partial charge in [-0.3, -0.25) is 4.79 Å². The molecule has 0 saturated heterocycles. The monoisotopic (exact) mass is 323 g/mol. The van der Waals surface area contributed by atoms with Crippen molar-refractivity contribution in [2.75, 3.05) is 6.54 Å². The third kappa shape index (κ3) is 3.84. The van der Waals surface area contributed by atoms with Crippen molar-refractivity contribution in [3.05, 3.63) is 72.0 Å². The summed E-state index contributed by atoms with van der Waals surface area (Å²) in [7, 11) is 0. The summed E-state index contributed by atoms with van der Waals surface area (Å²) in [5.41, 5.74) is 0.599. The zero-order chi connectivity index (χ0) is 17.0. The van der Waals surface area contributed by atoms with Crippen LogP contribution in [0.25, 0.3) is 11.0 Å². The van der Waals surface area contributed by atoms with E-state index < -0.39 is 5.60 Å². The minimum absolute atomic E-state index is 0.0877. The second kappa shape index (κ2) is 6.89. The molecule has 0 bridgehead atoms. The third-order valence-electron chi connectivity index (χ3n) is 4.07. The molecule has 0 aliphatic rings. The van der Waals surface area contributed by atoms with Crippen LogP contribution in [-0.4, -0.2) is 17.6 Å². The van der Waals surface area contributed by atoms with Gasteiger partial charge in [-0.1, -0.05) is 48.5 Å². The number of nitrogens with one attached hydrogen (secondary N) is 1. The zero-order valence-electron chi connectivity index (χ0n) is 13.7. The van der Waals surface area contributed by atoms with Gasteiger partial charge < -0.3 is 14.8 Å². The fraction of sp³-hybridized carbons (Fsp3) is 0.250. The Morgan fingerprint density at radius 2 is 1.83 bits per heavy atom. The maximum Gasteiger partial charge on any atom is 0.220 e. The summed E-state index contributed by atoms with van der Waals surface area (Å²) < 4.78 is 5.69. The lowest BCUT2D eigenvalue weighted by Gasteiger charge is -2.21. The average Bonchev–Trinajstić information content (AvgIpc) is 3.04. The number of carbonyl (C=O) groups excluding carboxylic acids is 1. The molecule has 0 spiro atoms. The second-order valence-corrected chi connectivity index (χ2v) is 6.18. The molecule has 0 radical (unpaired) electrons. The number of furan rings is 1. The Labute approximate surface area is 141 Å². The highest BCUT2D eigenvalue weighted by atomic mass is 16.4. The van der Waals surface area contributed by atoms with Crippen molar-refractivity contribution in [1.29, 1.82) is 0 Å². The van der Waals surface area contributed by atoms with Gasteiger partial charge in [-0.15, -0.1) is 0 Å². The fourth-order valence-corrected chi connectivity index (χ4v) is 2.60. The van der Waals surface area contributed by atoms with E-state index in [4.69, 9.17) is 4.42 Å². The van der Waals surface area contributed by atoms with Crippen LogP contribution in [0.2, 0.25) is 0 Å². The van der Waals surface area contributed by atoms with Gasteiger partial charge in [0.15, 0.2) is 0 Å².